The molecule has 3 aromatic heterocycles. The van der Waals surface area contributed by atoms with Gasteiger partial charge in [0.1, 0.15) is 29.3 Å². The summed E-state index contributed by atoms with van der Waals surface area (Å²) in [7, 11) is 0. The molecule has 198 valence electrons. The van der Waals surface area contributed by atoms with Gasteiger partial charge < -0.3 is 15.2 Å². The molecule has 2 N–H and O–H groups in total. The molecule has 3 heterocycles. The monoisotopic (exact) mass is 523 g/mol. The average Bonchev–Trinajstić information content (AvgIpc) is 3.61. The number of aromatic nitrogens is 6. The second kappa shape index (κ2) is 10.6. The topological polar surface area (TPSA) is 123 Å². The number of ether oxygens (including phenoxy) is 2. The van der Waals surface area contributed by atoms with Gasteiger partial charge in [0.05, 0.1) is 35.8 Å². The predicted molar refractivity (Wildman–Crippen MR) is 146 cm³/mol. The Labute approximate surface area is 225 Å². The molecule has 0 amide bonds. The predicted octanol–water partition coefficient (Wildman–Crippen LogP) is 5.60. The molecule has 39 heavy (non-hydrogen) atoms. The minimum Gasteiger partial charge on any atom is -0.462 e. The molecular weight excluding hydrogens is 494 g/mol. The van der Waals surface area contributed by atoms with Crippen LogP contribution < -0.4 is 10.5 Å². The lowest BCUT2D eigenvalue weighted by atomic mass is 9.91. The van der Waals surface area contributed by atoms with Crippen LogP contribution in [0.1, 0.15) is 55.0 Å². The number of carbonyl (C=O) groups excluding carboxylic acids is 1. The number of para-hydroxylation sites is 1. The Bertz CT molecular complexity index is 1590. The summed E-state index contributed by atoms with van der Waals surface area (Å²) in [6.45, 7) is 2.14. The summed E-state index contributed by atoms with van der Waals surface area (Å²) in [4.78, 5) is 20.8. The molecule has 0 spiro atoms. The lowest BCUT2D eigenvalue weighted by molar-refractivity contribution is 0.0526. The second-order valence-electron chi connectivity index (χ2n) is 9.58. The number of nitrogens with zero attached hydrogens (tertiary/aromatic N) is 6. The second-order valence-corrected chi connectivity index (χ2v) is 9.58. The van der Waals surface area contributed by atoms with E-state index in [-0.39, 0.29) is 18.1 Å². The maximum absolute atomic E-state index is 12.0. The van der Waals surface area contributed by atoms with Crippen molar-refractivity contribution < 1.29 is 14.3 Å². The molecule has 0 atom stereocenters. The SMILES string of the molecule is CCOC(=O)c1cnn([C@H]2CC[C@H](n3nc(-c4ccc(Oc5ccccc5)cc4)c4c(N)ncnc43)CC2)c1. The zero-order valence-electron chi connectivity index (χ0n) is 21.6. The molecule has 2 aromatic carbocycles. The molecule has 0 saturated heterocycles. The van der Waals surface area contributed by atoms with Gasteiger partial charge in [0, 0.05) is 11.8 Å². The third kappa shape index (κ3) is 4.93. The van der Waals surface area contributed by atoms with Gasteiger partial charge >= 0.3 is 5.97 Å². The Morgan fingerprint density at radius 1 is 0.974 bits per heavy atom. The molecule has 5 aromatic rings. The van der Waals surface area contributed by atoms with Crippen molar-refractivity contribution in [2.45, 2.75) is 44.7 Å². The molecule has 1 fully saturated rings. The van der Waals surface area contributed by atoms with Crippen LogP contribution >= 0.6 is 0 Å². The van der Waals surface area contributed by atoms with Crippen molar-refractivity contribution in [2.75, 3.05) is 12.3 Å². The maximum atomic E-state index is 12.0. The van der Waals surface area contributed by atoms with Crippen LogP contribution in [0.5, 0.6) is 11.5 Å². The van der Waals surface area contributed by atoms with Crippen LogP contribution in [0.15, 0.2) is 73.3 Å². The molecule has 1 aliphatic rings. The van der Waals surface area contributed by atoms with Gasteiger partial charge in [-0.15, -0.1) is 0 Å². The molecule has 0 bridgehead atoms. The van der Waals surface area contributed by atoms with E-state index >= 15 is 0 Å². The van der Waals surface area contributed by atoms with Crippen molar-refractivity contribution in [3.63, 3.8) is 0 Å². The van der Waals surface area contributed by atoms with Crippen molar-refractivity contribution in [3.05, 3.63) is 78.9 Å². The maximum Gasteiger partial charge on any atom is 0.341 e. The Morgan fingerprint density at radius 2 is 1.69 bits per heavy atom. The summed E-state index contributed by atoms with van der Waals surface area (Å²) in [6.07, 6.45) is 8.43. The van der Waals surface area contributed by atoms with Gasteiger partial charge in [-0.2, -0.15) is 10.2 Å². The standard InChI is InChI=1S/C29H29N7O3/c1-2-38-29(37)20-16-33-35(17-20)21-10-12-22(13-11-21)36-28-25(27(30)31-18-32-28)26(34-36)19-8-14-24(15-9-19)39-23-6-4-3-5-7-23/h3-9,14-18,21-22H,2,10-13H2,1H3,(H2,30,31,32)/t21-,22-. The first-order valence-corrected chi connectivity index (χ1v) is 13.1. The van der Waals surface area contributed by atoms with E-state index in [1.807, 2.05) is 64.0 Å². The van der Waals surface area contributed by atoms with Gasteiger partial charge in [0.2, 0.25) is 0 Å². The molecule has 1 saturated carbocycles. The van der Waals surface area contributed by atoms with E-state index in [4.69, 9.17) is 20.3 Å². The molecule has 1 aliphatic carbocycles. The first-order valence-electron chi connectivity index (χ1n) is 13.1. The quantitative estimate of drug-likeness (QED) is 0.274. The number of hydrogen-bond donors (Lipinski definition) is 1. The number of benzene rings is 2. The highest BCUT2D eigenvalue weighted by molar-refractivity contribution is 5.98. The van der Waals surface area contributed by atoms with Gasteiger partial charge in [0.25, 0.3) is 0 Å². The smallest absolute Gasteiger partial charge is 0.341 e. The Balaban J connectivity index is 1.23. The van der Waals surface area contributed by atoms with Crippen molar-refractivity contribution in [1.29, 1.82) is 0 Å². The molecule has 10 nitrogen and oxygen atoms in total. The van der Waals surface area contributed by atoms with Gasteiger partial charge in [-0.3, -0.25) is 4.68 Å². The van der Waals surface area contributed by atoms with Crippen LogP contribution in [0.25, 0.3) is 22.3 Å². The van der Waals surface area contributed by atoms with E-state index in [9.17, 15) is 4.79 Å². The van der Waals surface area contributed by atoms with E-state index in [0.29, 0.717) is 18.0 Å². The molecule has 6 rings (SSSR count). The first-order chi connectivity index (χ1) is 19.1. The number of nitrogen functional groups attached to an aromatic ring is 1. The van der Waals surface area contributed by atoms with Crippen molar-refractivity contribution >= 4 is 22.8 Å². The molecule has 10 heteroatoms. The van der Waals surface area contributed by atoms with E-state index in [1.54, 1.807) is 19.3 Å². The Morgan fingerprint density at radius 3 is 2.44 bits per heavy atom. The summed E-state index contributed by atoms with van der Waals surface area (Å²) < 4.78 is 14.9. The van der Waals surface area contributed by atoms with Crippen LogP contribution in [-0.2, 0) is 4.74 Å². The largest absolute Gasteiger partial charge is 0.462 e. The minimum absolute atomic E-state index is 0.160. The number of fused-ring (bicyclic) bond motifs is 1. The van der Waals surface area contributed by atoms with Crippen LogP contribution in [-0.4, -0.2) is 42.1 Å². The van der Waals surface area contributed by atoms with Crippen LogP contribution in [0.2, 0.25) is 0 Å². The first kappa shape index (κ1) is 24.6. The normalized spacial score (nSPS) is 17.3. The highest BCUT2D eigenvalue weighted by atomic mass is 16.5. The van der Waals surface area contributed by atoms with Crippen LogP contribution in [0.4, 0.5) is 5.82 Å². The molecule has 0 aliphatic heterocycles. The Hall–Kier alpha value is -4.73. The van der Waals surface area contributed by atoms with E-state index in [0.717, 1.165) is 59.5 Å². The average molecular weight is 524 g/mol. The van der Waals surface area contributed by atoms with Gasteiger partial charge in [-0.1, -0.05) is 18.2 Å². The molecule has 0 unspecified atom stereocenters. The molecule has 0 radical (unpaired) electrons. The lowest BCUT2D eigenvalue weighted by Gasteiger charge is -2.29. The zero-order valence-corrected chi connectivity index (χ0v) is 21.6. The number of esters is 1. The van der Waals surface area contributed by atoms with Crippen molar-refractivity contribution in [1.82, 2.24) is 29.5 Å². The number of anilines is 1. The fraction of sp³-hybridized carbons (Fsp3) is 0.276. The van der Waals surface area contributed by atoms with Crippen molar-refractivity contribution in [2.24, 2.45) is 0 Å². The summed E-state index contributed by atoms with van der Waals surface area (Å²) in [5.74, 6) is 1.58. The molecular formula is C29H29N7O3. The number of rotatable bonds is 7. The van der Waals surface area contributed by atoms with Crippen LogP contribution in [0, 0.1) is 0 Å². The number of hydrogen-bond acceptors (Lipinski definition) is 8. The third-order valence-electron chi connectivity index (χ3n) is 7.12. The van der Waals surface area contributed by atoms with E-state index in [1.165, 1.54) is 6.33 Å². The number of nitrogens with two attached hydrogens (primary N) is 1. The van der Waals surface area contributed by atoms with Crippen LogP contribution in [0.3, 0.4) is 0 Å². The van der Waals surface area contributed by atoms with Gasteiger partial charge in [-0.05, 0) is 69.0 Å². The summed E-state index contributed by atoms with van der Waals surface area (Å²) in [6, 6.07) is 17.8. The summed E-state index contributed by atoms with van der Waals surface area (Å²) in [5.41, 5.74) is 9.22. The number of carbonyl (C=O) groups is 1. The van der Waals surface area contributed by atoms with Crippen molar-refractivity contribution in [3.8, 4) is 22.8 Å². The van der Waals surface area contributed by atoms with Gasteiger partial charge in [0.15, 0.2) is 5.65 Å². The highest BCUT2D eigenvalue weighted by Gasteiger charge is 2.28. The lowest BCUT2D eigenvalue weighted by Crippen LogP contribution is -2.22. The fourth-order valence-corrected chi connectivity index (χ4v) is 5.18. The third-order valence-corrected chi connectivity index (χ3v) is 7.12. The minimum atomic E-state index is -0.343. The van der Waals surface area contributed by atoms with E-state index in [2.05, 4.69) is 15.1 Å². The van der Waals surface area contributed by atoms with Gasteiger partial charge in [-0.25, -0.2) is 19.4 Å². The zero-order chi connectivity index (χ0) is 26.8. The summed E-state index contributed by atoms with van der Waals surface area (Å²) >= 11 is 0. The van der Waals surface area contributed by atoms with E-state index < -0.39 is 0 Å². The highest BCUT2D eigenvalue weighted by Crippen LogP contribution is 2.39. The fourth-order valence-electron chi connectivity index (χ4n) is 5.18. The summed E-state index contributed by atoms with van der Waals surface area (Å²) in [5, 5.41) is 10.2. The Kier molecular flexibility index (Phi) is 6.66.